The summed E-state index contributed by atoms with van der Waals surface area (Å²) in [7, 11) is 1.35. The molecule has 0 fully saturated rings. The van der Waals surface area contributed by atoms with Crippen LogP contribution in [0.4, 0.5) is 13.2 Å². The van der Waals surface area contributed by atoms with Crippen LogP contribution in [0, 0.1) is 0 Å². The molecule has 0 saturated carbocycles. The van der Waals surface area contributed by atoms with Crippen LogP contribution < -0.4 is 4.74 Å². The average Bonchev–Trinajstić information content (AvgIpc) is 2.89. The predicted molar refractivity (Wildman–Crippen MR) is 143 cm³/mol. The fourth-order valence-corrected chi connectivity index (χ4v) is 4.59. The lowest BCUT2D eigenvalue weighted by Gasteiger charge is -2.32. The van der Waals surface area contributed by atoms with E-state index in [9.17, 15) is 18.0 Å². The molecule has 0 spiro atoms. The Balaban J connectivity index is 1.73. The lowest BCUT2D eigenvalue weighted by molar-refractivity contribution is -0.140. The van der Waals surface area contributed by atoms with E-state index in [2.05, 4.69) is 24.0 Å². The molecule has 0 aliphatic carbocycles. The third kappa shape index (κ3) is 8.50. The molecular weight excluding hydrogens is 515 g/mol. The molecule has 204 valence electrons. The second-order valence-electron chi connectivity index (χ2n) is 9.40. The van der Waals surface area contributed by atoms with Gasteiger partial charge in [-0.05, 0) is 54.2 Å². The molecule has 38 heavy (non-hydrogen) atoms. The minimum Gasteiger partial charge on any atom is -0.494 e. The maximum Gasteiger partial charge on any atom is 0.417 e. The number of carbonyl (C=O) groups excluding carboxylic acids is 1. The molecule has 3 aromatic rings. The van der Waals surface area contributed by atoms with E-state index < -0.39 is 11.7 Å². The first-order valence-electron chi connectivity index (χ1n) is 12.5. The second-order valence-corrected chi connectivity index (χ2v) is 9.78. The molecule has 0 aliphatic rings. The minimum atomic E-state index is -4.52. The van der Waals surface area contributed by atoms with Gasteiger partial charge in [-0.1, -0.05) is 73.1 Å². The van der Waals surface area contributed by atoms with Gasteiger partial charge in [0.2, 0.25) is 0 Å². The van der Waals surface area contributed by atoms with Crippen molar-refractivity contribution in [2.75, 3.05) is 20.3 Å². The Labute approximate surface area is 227 Å². The fraction of sp³-hybridized carbons (Fsp3) is 0.367. The van der Waals surface area contributed by atoms with Gasteiger partial charge in [-0.15, -0.1) is 0 Å². The number of ether oxygens (including phenoxy) is 2. The average molecular weight is 548 g/mol. The lowest BCUT2D eigenvalue weighted by Crippen LogP contribution is -2.36. The number of hydrogen-bond acceptors (Lipinski definition) is 4. The number of rotatable bonds is 12. The fourth-order valence-electron chi connectivity index (χ4n) is 4.29. The molecule has 3 aromatic carbocycles. The molecule has 2 atom stereocenters. The Kier molecular flexibility index (Phi) is 10.6. The van der Waals surface area contributed by atoms with E-state index >= 15 is 0 Å². The number of hydrogen-bond donors (Lipinski definition) is 0. The van der Waals surface area contributed by atoms with Crippen LogP contribution >= 0.6 is 11.6 Å². The van der Waals surface area contributed by atoms with Gasteiger partial charge in [0, 0.05) is 19.1 Å². The normalized spacial score (nSPS) is 13.3. The Morgan fingerprint density at radius 2 is 1.71 bits per heavy atom. The van der Waals surface area contributed by atoms with Crippen molar-refractivity contribution in [1.29, 1.82) is 0 Å². The topological polar surface area (TPSA) is 38.8 Å². The Morgan fingerprint density at radius 3 is 2.39 bits per heavy atom. The molecule has 0 aromatic heterocycles. The summed E-state index contributed by atoms with van der Waals surface area (Å²) in [6.45, 7) is 5.44. The van der Waals surface area contributed by atoms with Gasteiger partial charge in [-0.25, -0.2) is 0 Å². The third-order valence-electron chi connectivity index (χ3n) is 6.54. The smallest absolute Gasteiger partial charge is 0.417 e. The maximum absolute atomic E-state index is 13.5. The summed E-state index contributed by atoms with van der Waals surface area (Å²) < 4.78 is 51.1. The number of carbonyl (C=O) groups is 1. The predicted octanol–water partition coefficient (Wildman–Crippen LogP) is 7.54. The second kappa shape index (κ2) is 13.7. The molecule has 0 aliphatic heterocycles. The van der Waals surface area contributed by atoms with Crippen LogP contribution in [0.1, 0.15) is 48.4 Å². The van der Waals surface area contributed by atoms with E-state index in [0.717, 1.165) is 17.2 Å². The summed E-state index contributed by atoms with van der Waals surface area (Å²) in [5.74, 6) is 0.468. The van der Waals surface area contributed by atoms with E-state index in [1.165, 1.54) is 13.2 Å². The van der Waals surface area contributed by atoms with Crippen LogP contribution in [0.15, 0.2) is 72.8 Å². The molecule has 0 heterocycles. The molecule has 3 rings (SSSR count). The van der Waals surface area contributed by atoms with Crippen LogP contribution in [-0.4, -0.2) is 37.2 Å². The van der Waals surface area contributed by atoms with E-state index in [0.29, 0.717) is 30.9 Å². The molecule has 1 unspecified atom stereocenters. The first kappa shape index (κ1) is 29.5. The number of esters is 1. The Hall–Kier alpha value is -3.03. The van der Waals surface area contributed by atoms with Crippen molar-refractivity contribution in [2.45, 2.75) is 51.4 Å². The van der Waals surface area contributed by atoms with Gasteiger partial charge in [0.05, 0.1) is 30.7 Å². The van der Waals surface area contributed by atoms with Gasteiger partial charge < -0.3 is 9.47 Å². The zero-order chi connectivity index (χ0) is 27.7. The summed E-state index contributed by atoms with van der Waals surface area (Å²) in [6.07, 6.45) is -3.72. The summed E-state index contributed by atoms with van der Waals surface area (Å²) in [6, 6.07) is 21.3. The summed E-state index contributed by atoms with van der Waals surface area (Å²) in [4.78, 5) is 13.7. The summed E-state index contributed by atoms with van der Waals surface area (Å²) in [5.41, 5.74) is 1.55. The number of alkyl halides is 3. The van der Waals surface area contributed by atoms with E-state index in [-0.39, 0.29) is 35.9 Å². The third-order valence-corrected chi connectivity index (χ3v) is 6.98. The van der Waals surface area contributed by atoms with Crippen molar-refractivity contribution in [3.05, 3.63) is 100 Å². The van der Waals surface area contributed by atoms with Crippen molar-refractivity contribution in [3.63, 3.8) is 0 Å². The monoisotopic (exact) mass is 547 g/mol. The summed E-state index contributed by atoms with van der Waals surface area (Å²) >= 11 is 6.24. The van der Waals surface area contributed by atoms with E-state index in [1.807, 2.05) is 43.3 Å². The largest absolute Gasteiger partial charge is 0.494 e. The highest BCUT2D eigenvalue weighted by Gasteiger charge is 2.34. The van der Waals surface area contributed by atoms with Crippen LogP contribution in [-0.2, 0) is 28.7 Å². The molecule has 0 N–H and O–H groups in total. The SMILES string of the molecule is COC(=O)Cc1cccc(OCCC(C)N(Cc2cccc(C(F)(F)F)c2Cl)C[C@@H](C)c2ccccc2)c1. The quantitative estimate of drug-likeness (QED) is 0.220. The lowest BCUT2D eigenvalue weighted by atomic mass is 9.99. The van der Waals surface area contributed by atoms with Crippen molar-refractivity contribution in [3.8, 4) is 5.75 Å². The maximum atomic E-state index is 13.5. The first-order chi connectivity index (χ1) is 18.1. The Morgan fingerprint density at radius 1 is 1.00 bits per heavy atom. The number of methoxy groups -OCH3 is 1. The molecule has 4 nitrogen and oxygen atoms in total. The van der Waals surface area contributed by atoms with E-state index in [1.54, 1.807) is 12.1 Å². The molecule has 0 saturated heterocycles. The van der Waals surface area contributed by atoms with Crippen molar-refractivity contribution < 1.29 is 27.4 Å². The van der Waals surface area contributed by atoms with Crippen molar-refractivity contribution in [1.82, 2.24) is 4.90 Å². The first-order valence-corrected chi connectivity index (χ1v) is 12.9. The molecule has 8 heteroatoms. The molecule has 0 amide bonds. The van der Waals surface area contributed by atoms with Crippen LogP contribution in [0.2, 0.25) is 5.02 Å². The van der Waals surface area contributed by atoms with Gasteiger partial charge in [0.15, 0.2) is 0 Å². The van der Waals surface area contributed by atoms with Gasteiger partial charge >= 0.3 is 12.1 Å². The van der Waals surface area contributed by atoms with Crippen molar-refractivity contribution >= 4 is 17.6 Å². The number of halogens is 4. The molecule has 0 bridgehead atoms. The number of nitrogens with zero attached hydrogens (tertiary/aromatic N) is 1. The van der Waals surface area contributed by atoms with Gasteiger partial charge in [-0.2, -0.15) is 13.2 Å². The van der Waals surface area contributed by atoms with Crippen LogP contribution in [0.3, 0.4) is 0 Å². The summed E-state index contributed by atoms with van der Waals surface area (Å²) in [5, 5.41) is -0.261. The van der Waals surface area contributed by atoms with Crippen molar-refractivity contribution in [2.24, 2.45) is 0 Å². The zero-order valence-electron chi connectivity index (χ0n) is 21.8. The standard InChI is InChI=1S/C30H33ClF3NO3/c1-21(24-10-5-4-6-11-24)19-35(20-25-12-8-14-27(29(25)31)30(32,33)34)22(2)15-16-38-26-13-7-9-23(17-26)18-28(36)37-3/h4-14,17,21-22H,15-16,18-20H2,1-3H3/t21-,22?/m1/s1. The molecule has 0 radical (unpaired) electrons. The van der Waals surface area contributed by atoms with Gasteiger partial charge in [-0.3, -0.25) is 9.69 Å². The van der Waals surface area contributed by atoms with E-state index in [4.69, 9.17) is 21.1 Å². The zero-order valence-corrected chi connectivity index (χ0v) is 22.6. The molecular formula is C30H33ClF3NO3. The van der Waals surface area contributed by atoms with Gasteiger partial charge in [0.1, 0.15) is 5.75 Å². The highest BCUT2D eigenvalue weighted by atomic mass is 35.5. The van der Waals surface area contributed by atoms with Crippen LogP contribution in [0.5, 0.6) is 5.75 Å². The Bertz CT molecular complexity index is 1190. The van der Waals surface area contributed by atoms with Crippen LogP contribution in [0.25, 0.3) is 0 Å². The highest BCUT2D eigenvalue weighted by Crippen LogP contribution is 2.37. The van der Waals surface area contributed by atoms with Gasteiger partial charge in [0.25, 0.3) is 0 Å². The highest BCUT2D eigenvalue weighted by molar-refractivity contribution is 6.32. The number of benzene rings is 3. The minimum absolute atomic E-state index is 0.00924.